The van der Waals surface area contributed by atoms with Crippen LogP contribution < -0.4 is 4.72 Å². The molecule has 2 aromatic rings. The molecule has 1 N–H and O–H groups in total. The molecule has 0 atom stereocenters. The number of hydrogen-bond donors (Lipinski definition) is 1. The van der Waals surface area contributed by atoms with Crippen molar-refractivity contribution < 1.29 is 54.4 Å². The van der Waals surface area contributed by atoms with Gasteiger partial charge in [0.15, 0.2) is 0 Å². The zero-order chi connectivity index (χ0) is 32.1. The fraction of sp³-hybridized carbons (Fsp3) is 0.556. The highest BCUT2D eigenvalue weighted by atomic mass is 32.2. The van der Waals surface area contributed by atoms with Crippen LogP contribution >= 0.6 is 0 Å². The molecule has 0 heterocycles. The van der Waals surface area contributed by atoms with Gasteiger partial charge in [-0.1, -0.05) is 17.7 Å². The number of benzene rings is 2. The summed E-state index contributed by atoms with van der Waals surface area (Å²) in [5.41, 5.74) is 0.769. The molecule has 0 aliphatic rings. The maximum Gasteiger partial charge on any atom is 0.297 e. The smallest absolute Gasteiger partial charge is 0.297 e. The first kappa shape index (κ1) is 37.6. The molecule has 0 aliphatic heterocycles. The molecule has 0 saturated carbocycles. The van der Waals surface area contributed by atoms with E-state index >= 15 is 0 Å². The van der Waals surface area contributed by atoms with Crippen molar-refractivity contribution >= 4 is 25.8 Å². The minimum atomic E-state index is -3.79. The predicted octanol–water partition coefficient (Wildman–Crippen LogP) is 1.69. The molecule has 0 radical (unpaired) electrons. The summed E-state index contributed by atoms with van der Waals surface area (Å²) in [5.74, 6) is 0. The molecule has 0 aliphatic carbocycles. The topological polar surface area (TPSA) is 188 Å². The van der Waals surface area contributed by atoms with Crippen molar-refractivity contribution in [3.05, 3.63) is 64.2 Å². The van der Waals surface area contributed by atoms with Gasteiger partial charge in [-0.2, -0.15) is 8.42 Å². The Bertz CT molecular complexity index is 1290. The van der Waals surface area contributed by atoms with Crippen molar-refractivity contribution in [2.45, 2.75) is 16.7 Å². The van der Waals surface area contributed by atoms with Gasteiger partial charge in [0, 0.05) is 18.7 Å². The number of ether oxygens (including phenoxy) is 6. The van der Waals surface area contributed by atoms with Crippen molar-refractivity contribution in [3.8, 4) is 0 Å². The van der Waals surface area contributed by atoms with Crippen molar-refractivity contribution in [1.82, 2.24) is 4.72 Å². The number of nitrogens with one attached hydrogen (secondary N) is 1. The molecular weight excluding hydrogens is 624 g/mol. The third kappa shape index (κ3) is 15.9. The standard InChI is InChI=1S/C27H40N2O13S2/c1-24-2-6-27(7-3-24)44(34,35)42-23-22-41-21-20-40-19-18-39-17-16-38-15-14-37-13-12-36-11-10-28-43(32,33)26-8-4-25(5-9-26)29(30)31/h2-9,28H,10-23H2,1H3. The van der Waals surface area contributed by atoms with E-state index < -0.39 is 25.1 Å². The van der Waals surface area contributed by atoms with Crippen LogP contribution in [0.15, 0.2) is 58.3 Å². The molecule has 2 aromatic carbocycles. The van der Waals surface area contributed by atoms with E-state index in [1.807, 2.05) is 6.92 Å². The summed E-state index contributed by atoms with van der Waals surface area (Å²) in [5, 5.41) is 10.7. The summed E-state index contributed by atoms with van der Waals surface area (Å²) in [7, 11) is -7.58. The summed E-state index contributed by atoms with van der Waals surface area (Å²) in [6, 6.07) is 11.0. The van der Waals surface area contributed by atoms with Crippen molar-refractivity contribution in [3.63, 3.8) is 0 Å². The van der Waals surface area contributed by atoms with Crippen LogP contribution in [0.2, 0.25) is 0 Å². The third-order valence-electron chi connectivity index (χ3n) is 5.53. The minimum absolute atomic E-state index is 0.0420. The van der Waals surface area contributed by atoms with E-state index in [9.17, 15) is 26.9 Å². The molecule has 17 heteroatoms. The number of nitro benzene ring substituents is 1. The summed E-state index contributed by atoms with van der Waals surface area (Å²) < 4.78 is 87.9. The summed E-state index contributed by atoms with van der Waals surface area (Å²) in [6.45, 7) is 5.60. The molecule has 248 valence electrons. The molecule has 0 saturated heterocycles. The Morgan fingerprint density at radius 1 is 0.591 bits per heavy atom. The molecule has 15 nitrogen and oxygen atoms in total. The van der Waals surface area contributed by atoms with E-state index in [0.29, 0.717) is 59.5 Å². The molecule has 0 aromatic heterocycles. The van der Waals surface area contributed by atoms with Gasteiger partial charge in [-0.25, -0.2) is 13.1 Å². The monoisotopic (exact) mass is 664 g/mol. The van der Waals surface area contributed by atoms with Gasteiger partial charge >= 0.3 is 0 Å². The largest absolute Gasteiger partial charge is 0.378 e. The van der Waals surface area contributed by atoms with E-state index in [-0.39, 0.29) is 48.5 Å². The number of nitro groups is 1. The second kappa shape index (κ2) is 21.2. The fourth-order valence-electron chi connectivity index (χ4n) is 3.26. The summed E-state index contributed by atoms with van der Waals surface area (Å²) in [6.07, 6.45) is 0. The lowest BCUT2D eigenvalue weighted by molar-refractivity contribution is -0.384. The highest BCUT2D eigenvalue weighted by Crippen LogP contribution is 2.15. The van der Waals surface area contributed by atoms with Gasteiger partial charge in [-0.05, 0) is 31.2 Å². The van der Waals surface area contributed by atoms with Gasteiger partial charge in [0.1, 0.15) is 0 Å². The maximum absolute atomic E-state index is 12.2. The Morgan fingerprint density at radius 3 is 1.41 bits per heavy atom. The zero-order valence-corrected chi connectivity index (χ0v) is 26.2. The van der Waals surface area contributed by atoms with Gasteiger partial charge in [0.05, 0.1) is 101 Å². The van der Waals surface area contributed by atoms with E-state index in [1.165, 1.54) is 24.3 Å². The second-order valence-corrected chi connectivity index (χ2v) is 12.3. The molecule has 0 amide bonds. The van der Waals surface area contributed by atoms with Crippen LogP contribution in [0.25, 0.3) is 0 Å². The summed E-state index contributed by atoms with van der Waals surface area (Å²) >= 11 is 0. The van der Waals surface area contributed by atoms with Crippen LogP contribution in [0.1, 0.15) is 5.56 Å². The Morgan fingerprint density at radius 2 is 0.977 bits per heavy atom. The molecule has 0 fully saturated rings. The lowest BCUT2D eigenvalue weighted by Crippen LogP contribution is -2.27. The van der Waals surface area contributed by atoms with E-state index in [1.54, 1.807) is 12.1 Å². The average molecular weight is 665 g/mol. The predicted molar refractivity (Wildman–Crippen MR) is 158 cm³/mol. The Hall–Kier alpha value is -2.58. The van der Waals surface area contributed by atoms with Crippen LogP contribution in [0, 0.1) is 17.0 Å². The number of aryl methyl sites for hydroxylation is 1. The van der Waals surface area contributed by atoms with Crippen molar-refractivity contribution in [1.29, 1.82) is 0 Å². The van der Waals surface area contributed by atoms with Gasteiger partial charge in [-0.15, -0.1) is 0 Å². The SMILES string of the molecule is Cc1ccc(S(=O)(=O)OCCOCCOCCOCCOCCOCCOCCNS(=O)(=O)c2ccc([N+](=O)[O-])cc2)cc1. The number of nitrogens with zero attached hydrogens (tertiary/aromatic N) is 1. The highest BCUT2D eigenvalue weighted by molar-refractivity contribution is 7.89. The van der Waals surface area contributed by atoms with Crippen LogP contribution in [0.3, 0.4) is 0 Å². The van der Waals surface area contributed by atoms with Gasteiger partial charge in [-0.3, -0.25) is 14.3 Å². The van der Waals surface area contributed by atoms with Crippen LogP contribution in [-0.2, 0) is 52.7 Å². The fourth-order valence-corrected chi connectivity index (χ4v) is 5.16. The first-order chi connectivity index (χ1) is 21.1. The molecule has 0 spiro atoms. The number of rotatable bonds is 26. The zero-order valence-electron chi connectivity index (χ0n) is 24.6. The highest BCUT2D eigenvalue weighted by Gasteiger charge is 2.16. The molecule has 44 heavy (non-hydrogen) atoms. The van der Waals surface area contributed by atoms with E-state index in [4.69, 9.17) is 32.6 Å². The normalized spacial score (nSPS) is 12.0. The molecule has 0 bridgehead atoms. The first-order valence-electron chi connectivity index (χ1n) is 13.8. The van der Waals surface area contributed by atoms with Crippen LogP contribution in [0.4, 0.5) is 5.69 Å². The number of hydrogen-bond acceptors (Lipinski definition) is 13. The Balaban J connectivity index is 1.30. The first-order valence-corrected chi connectivity index (χ1v) is 16.7. The van der Waals surface area contributed by atoms with Crippen molar-refractivity contribution in [2.24, 2.45) is 0 Å². The Labute approximate surface area is 258 Å². The van der Waals surface area contributed by atoms with Gasteiger partial charge < -0.3 is 28.4 Å². The second-order valence-electron chi connectivity index (χ2n) is 8.91. The van der Waals surface area contributed by atoms with E-state index in [0.717, 1.165) is 17.7 Å². The maximum atomic E-state index is 12.2. The van der Waals surface area contributed by atoms with Crippen LogP contribution in [-0.4, -0.2) is 114 Å². The van der Waals surface area contributed by atoms with Crippen molar-refractivity contribution in [2.75, 3.05) is 92.4 Å². The Kier molecular flexibility index (Phi) is 18.1. The average Bonchev–Trinajstić information content (AvgIpc) is 3.00. The third-order valence-corrected chi connectivity index (χ3v) is 8.34. The van der Waals surface area contributed by atoms with E-state index in [2.05, 4.69) is 4.72 Å². The van der Waals surface area contributed by atoms with Crippen LogP contribution in [0.5, 0.6) is 0 Å². The molecule has 0 unspecified atom stereocenters. The lowest BCUT2D eigenvalue weighted by Gasteiger charge is -2.09. The van der Waals surface area contributed by atoms with Gasteiger partial charge in [0.25, 0.3) is 15.8 Å². The number of sulfonamides is 1. The summed E-state index contributed by atoms with van der Waals surface area (Å²) in [4.78, 5) is 10.1. The minimum Gasteiger partial charge on any atom is -0.378 e. The molecular formula is C27H40N2O13S2. The van der Waals surface area contributed by atoms with Gasteiger partial charge in [0.2, 0.25) is 10.0 Å². The quantitative estimate of drug-likeness (QED) is 0.0663. The lowest BCUT2D eigenvalue weighted by atomic mass is 10.2. The number of non-ortho nitro benzene ring substituents is 1. The molecule has 2 rings (SSSR count).